The zero-order chi connectivity index (χ0) is 29.4. The lowest BCUT2D eigenvalue weighted by atomic mass is 9.88. The molecule has 0 bridgehead atoms. The summed E-state index contributed by atoms with van der Waals surface area (Å²) in [6.07, 6.45) is 4.82. The first-order chi connectivity index (χ1) is 21.1. The van der Waals surface area contributed by atoms with Gasteiger partial charge >= 0.3 is 0 Å². The molecule has 1 amide bonds. The number of halogens is 1. The molecule has 214 valence electrons. The maximum absolute atomic E-state index is 13.6. The zero-order valence-corrected chi connectivity index (χ0v) is 23.7. The van der Waals surface area contributed by atoms with Crippen molar-refractivity contribution in [3.8, 4) is 11.5 Å². The van der Waals surface area contributed by atoms with Crippen molar-refractivity contribution in [2.45, 2.75) is 25.3 Å². The van der Waals surface area contributed by atoms with E-state index in [0.29, 0.717) is 25.3 Å². The fourth-order valence-corrected chi connectivity index (χ4v) is 5.43. The van der Waals surface area contributed by atoms with Gasteiger partial charge in [0.05, 0.1) is 0 Å². The number of benzene rings is 4. The van der Waals surface area contributed by atoms with Crippen LogP contribution in [0.5, 0.6) is 11.5 Å². The first kappa shape index (κ1) is 27.9. The number of hydrogen-bond acceptors (Lipinski definition) is 3. The van der Waals surface area contributed by atoms with Gasteiger partial charge in [0.1, 0.15) is 17.3 Å². The summed E-state index contributed by atoms with van der Waals surface area (Å²) in [5, 5.41) is 4.18. The Kier molecular flexibility index (Phi) is 8.55. The minimum absolute atomic E-state index is 0.0364. The molecule has 2 aromatic heterocycles. The molecule has 6 rings (SSSR count). The van der Waals surface area contributed by atoms with E-state index in [-0.39, 0.29) is 24.1 Å². The SMILES string of the molecule is O=C(C[C@H](c1cccc(Oc2ccccc2)c1)c1cn(Cc2ccc(F)cc2)c2ccccc12)NCCc1ccccn1. The number of carbonyl (C=O) groups excluding carboxylic acids is 1. The summed E-state index contributed by atoms with van der Waals surface area (Å²) in [7, 11) is 0. The highest BCUT2D eigenvalue weighted by molar-refractivity contribution is 5.87. The van der Waals surface area contributed by atoms with E-state index >= 15 is 0 Å². The number of carbonyl (C=O) groups is 1. The molecule has 4 aromatic carbocycles. The summed E-state index contributed by atoms with van der Waals surface area (Å²) >= 11 is 0. The van der Waals surface area contributed by atoms with Gasteiger partial charge in [0, 0.05) is 60.8 Å². The highest BCUT2D eigenvalue weighted by atomic mass is 19.1. The molecule has 0 spiro atoms. The lowest BCUT2D eigenvalue weighted by Gasteiger charge is -2.18. The van der Waals surface area contributed by atoms with Crippen molar-refractivity contribution in [3.63, 3.8) is 0 Å². The fourth-order valence-electron chi connectivity index (χ4n) is 5.43. The van der Waals surface area contributed by atoms with Gasteiger partial charge in [0.2, 0.25) is 5.91 Å². The van der Waals surface area contributed by atoms with Gasteiger partial charge in [-0.15, -0.1) is 0 Å². The largest absolute Gasteiger partial charge is 0.457 e. The zero-order valence-electron chi connectivity index (χ0n) is 23.7. The topological polar surface area (TPSA) is 56.1 Å². The first-order valence-electron chi connectivity index (χ1n) is 14.4. The molecular formula is C37H32FN3O2. The van der Waals surface area contributed by atoms with E-state index < -0.39 is 0 Å². The Morgan fingerprint density at radius 2 is 1.60 bits per heavy atom. The summed E-state index contributed by atoms with van der Waals surface area (Å²) in [6, 6.07) is 38.2. The van der Waals surface area contributed by atoms with Gasteiger partial charge in [-0.25, -0.2) is 4.39 Å². The number of aromatic nitrogens is 2. The van der Waals surface area contributed by atoms with Gasteiger partial charge in [-0.05, 0) is 71.3 Å². The van der Waals surface area contributed by atoms with E-state index in [0.717, 1.165) is 39.0 Å². The number of para-hydroxylation sites is 2. The van der Waals surface area contributed by atoms with Crippen LogP contribution in [-0.4, -0.2) is 22.0 Å². The summed E-state index contributed by atoms with van der Waals surface area (Å²) < 4.78 is 21.9. The molecule has 0 aliphatic heterocycles. The molecule has 0 aliphatic carbocycles. The van der Waals surface area contributed by atoms with E-state index in [2.05, 4.69) is 39.3 Å². The number of pyridine rings is 1. The van der Waals surface area contributed by atoms with Gasteiger partial charge in [-0.1, -0.05) is 66.7 Å². The minimum Gasteiger partial charge on any atom is -0.457 e. The van der Waals surface area contributed by atoms with Crippen LogP contribution in [0.15, 0.2) is 134 Å². The summed E-state index contributed by atoms with van der Waals surface area (Å²) in [5.74, 6) is 0.937. The number of amides is 1. The average molecular weight is 570 g/mol. The van der Waals surface area contributed by atoms with Crippen molar-refractivity contribution >= 4 is 16.8 Å². The lowest BCUT2D eigenvalue weighted by Crippen LogP contribution is -2.27. The lowest BCUT2D eigenvalue weighted by molar-refractivity contribution is -0.121. The molecule has 6 heteroatoms. The number of hydrogen-bond donors (Lipinski definition) is 1. The Hall–Kier alpha value is -5.23. The predicted molar refractivity (Wildman–Crippen MR) is 168 cm³/mol. The third kappa shape index (κ3) is 6.99. The highest BCUT2D eigenvalue weighted by Crippen LogP contribution is 2.37. The predicted octanol–water partition coefficient (Wildman–Crippen LogP) is 7.90. The standard InChI is InChI=1S/C37H32FN3O2/c38-29-18-16-27(17-19-29)25-41-26-35(33-14-4-5-15-36(33)41)34(24-37(42)40-22-20-30-10-6-7-21-39-30)28-9-8-13-32(23-28)43-31-11-2-1-3-12-31/h1-19,21,23,26,34H,20,22,24-25H2,(H,40,42)/t34-/m1/s1. The number of nitrogens with one attached hydrogen (secondary N) is 1. The third-order valence-corrected chi connectivity index (χ3v) is 7.52. The van der Waals surface area contributed by atoms with Crippen LogP contribution >= 0.6 is 0 Å². The summed E-state index contributed by atoms with van der Waals surface area (Å²) in [6.45, 7) is 1.09. The van der Waals surface area contributed by atoms with Gasteiger partial charge in [0.15, 0.2) is 0 Å². The van der Waals surface area contributed by atoms with Crippen LogP contribution in [0.4, 0.5) is 4.39 Å². The molecular weight excluding hydrogens is 537 g/mol. The van der Waals surface area contributed by atoms with Crippen molar-refractivity contribution < 1.29 is 13.9 Å². The molecule has 6 aromatic rings. The Morgan fingerprint density at radius 3 is 2.42 bits per heavy atom. The van der Waals surface area contributed by atoms with Crippen LogP contribution in [0.2, 0.25) is 0 Å². The first-order valence-corrected chi connectivity index (χ1v) is 14.4. The molecule has 0 aliphatic rings. The Balaban J connectivity index is 1.33. The van der Waals surface area contributed by atoms with E-state index in [1.165, 1.54) is 12.1 Å². The van der Waals surface area contributed by atoms with Crippen LogP contribution in [0.1, 0.15) is 34.7 Å². The molecule has 0 saturated carbocycles. The van der Waals surface area contributed by atoms with Crippen molar-refractivity contribution in [1.29, 1.82) is 0 Å². The van der Waals surface area contributed by atoms with E-state index in [4.69, 9.17) is 4.74 Å². The van der Waals surface area contributed by atoms with Crippen molar-refractivity contribution in [1.82, 2.24) is 14.9 Å². The molecule has 43 heavy (non-hydrogen) atoms. The van der Waals surface area contributed by atoms with Crippen LogP contribution in [-0.2, 0) is 17.8 Å². The van der Waals surface area contributed by atoms with Gasteiger partial charge in [-0.2, -0.15) is 0 Å². The molecule has 0 saturated heterocycles. The second kappa shape index (κ2) is 13.2. The van der Waals surface area contributed by atoms with Crippen LogP contribution in [0.25, 0.3) is 10.9 Å². The van der Waals surface area contributed by atoms with Crippen LogP contribution < -0.4 is 10.1 Å². The Morgan fingerprint density at radius 1 is 0.837 bits per heavy atom. The number of nitrogens with zero attached hydrogens (tertiary/aromatic N) is 2. The maximum Gasteiger partial charge on any atom is 0.220 e. The van der Waals surface area contributed by atoms with E-state index in [1.54, 1.807) is 18.3 Å². The second-order valence-electron chi connectivity index (χ2n) is 10.5. The molecule has 2 heterocycles. The second-order valence-corrected chi connectivity index (χ2v) is 10.5. The molecule has 0 radical (unpaired) electrons. The van der Waals surface area contributed by atoms with Crippen molar-refractivity contribution in [3.05, 3.63) is 162 Å². The smallest absolute Gasteiger partial charge is 0.220 e. The summed E-state index contributed by atoms with van der Waals surface area (Å²) in [5.41, 5.74) is 5.02. The van der Waals surface area contributed by atoms with Crippen LogP contribution in [0.3, 0.4) is 0 Å². The fraction of sp³-hybridized carbons (Fsp3) is 0.135. The number of ether oxygens (including phenoxy) is 1. The maximum atomic E-state index is 13.6. The van der Waals surface area contributed by atoms with E-state index in [1.807, 2.05) is 78.9 Å². The Bertz CT molecular complexity index is 1800. The number of fused-ring (bicyclic) bond motifs is 1. The summed E-state index contributed by atoms with van der Waals surface area (Å²) in [4.78, 5) is 17.8. The molecule has 0 fully saturated rings. The van der Waals surface area contributed by atoms with Crippen molar-refractivity contribution in [2.75, 3.05) is 6.54 Å². The molecule has 5 nitrogen and oxygen atoms in total. The average Bonchev–Trinajstić information content (AvgIpc) is 3.40. The van der Waals surface area contributed by atoms with Crippen LogP contribution in [0, 0.1) is 5.82 Å². The number of rotatable bonds is 11. The third-order valence-electron chi connectivity index (χ3n) is 7.52. The van der Waals surface area contributed by atoms with E-state index in [9.17, 15) is 9.18 Å². The monoisotopic (exact) mass is 569 g/mol. The quantitative estimate of drug-likeness (QED) is 0.173. The Labute approximate surface area is 250 Å². The normalized spacial score (nSPS) is 11.7. The minimum atomic E-state index is -0.256. The van der Waals surface area contributed by atoms with Gasteiger partial charge in [-0.3, -0.25) is 9.78 Å². The van der Waals surface area contributed by atoms with Gasteiger partial charge < -0.3 is 14.6 Å². The highest BCUT2D eigenvalue weighted by Gasteiger charge is 2.23. The molecule has 1 N–H and O–H groups in total. The molecule has 1 atom stereocenters. The van der Waals surface area contributed by atoms with Gasteiger partial charge in [0.25, 0.3) is 0 Å². The molecule has 0 unspecified atom stereocenters. The van der Waals surface area contributed by atoms with Crippen molar-refractivity contribution in [2.24, 2.45) is 0 Å².